The topological polar surface area (TPSA) is 112 Å². The van der Waals surface area contributed by atoms with Gasteiger partial charge in [-0.3, -0.25) is 0 Å². The van der Waals surface area contributed by atoms with Crippen LogP contribution in [0.25, 0.3) is 10.8 Å². The van der Waals surface area contributed by atoms with Crippen LogP contribution in [0.4, 0.5) is 11.6 Å². The zero-order valence-electron chi connectivity index (χ0n) is 15.9. The number of rotatable bonds is 4. The molecule has 0 radical (unpaired) electrons. The molecule has 3 aromatic rings. The lowest BCUT2D eigenvalue weighted by Crippen LogP contribution is -2.29. The molecule has 8 heteroatoms. The maximum atomic E-state index is 11.8. The predicted molar refractivity (Wildman–Crippen MR) is 105 cm³/mol. The minimum absolute atomic E-state index is 0.335. The number of carbonyl (C=O) groups excluding carboxylic acids is 1. The van der Waals surface area contributed by atoms with Crippen LogP contribution in [0.2, 0.25) is 0 Å². The van der Waals surface area contributed by atoms with Gasteiger partial charge in [0.1, 0.15) is 11.6 Å². The molecule has 0 spiro atoms. The van der Waals surface area contributed by atoms with Crippen molar-refractivity contribution in [1.29, 1.82) is 0 Å². The molecule has 28 heavy (non-hydrogen) atoms. The van der Waals surface area contributed by atoms with Crippen LogP contribution < -0.4 is 15.8 Å². The molecule has 0 amide bonds. The van der Waals surface area contributed by atoms with Gasteiger partial charge in [0.25, 0.3) is 0 Å². The van der Waals surface area contributed by atoms with Gasteiger partial charge in [0.05, 0.1) is 30.4 Å². The zero-order valence-corrected chi connectivity index (χ0v) is 15.9. The van der Waals surface area contributed by atoms with Crippen molar-refractivity contribution in [2.24, 2.45) is 5.73 Å². The number of anilines is 2. The van der Waals surface area contributed by atoms with Crippen LogP contribution in [0.15, 0.2) is 30.6 Å². The quantitative estimate of drug-likeness (QED) is 0.666. The molecule has 1 aliphatic heterocycles. The van der Waals surface area contributed by atoms with Crippen LogP contribution in [0.5, 0.6) is 5.88 Å². The summed E-state index contributed by atoms with van der Waals surface area (Å²) in [6.07, 6.45) is 4.03. The van der Waals surface area contributed by atoms with Crippen molar-refractivity contribution in [3.05, 3.63) is 47.4 Å². The highest BCUT2D eigenvalue weighted by Gasteiger charge is 2.22. The Hall–Kier alpha value is -3.26. The summed E-state index contributed by atoms with van der Waals surface area (Å²) in [7, 11) is 1.57. The van der Waals surface area contributed by atoms with E-state index in [4.69, 9.17) is 15.2 Å². The number of hydrogen-bond donors (Lipinski definition) is 2. The van der Waals surface area contributed by atoms with Gasteiger partial charge in [0.2, 0.25) is 5.88 Å². The monoisotopic (exact) mass is 379 g/mol. The van der Waals surface area contributed by atoms with E-state index >= 15 is 0 Å². The van der Waals surface area contributed by atoms with E-state index in [1.165, 1.54) is 0 Å². The van der Waals surface area contributed by atoms with E-state index in [1.807, 2.05) is 19.9 Å². The maximum absolute atomic E-state index is 11.8. The van der Waals surface area contributed by atoms with E-state index < -0.39 is 5.54 Å². The number of nitrogens with one attached hydrogen (secondary N) is 1. The Labute approximate surface area is 162 Å². The Kier molecular flexibility index (Phi) is 4.35. The molecule has 0 saturated heterocycles. The highest BCUT2D eigenvalue weighted by atomic mass is 16.5. The molecule has 0 aromatic carbocycles. The SMILES string of the molecule is COc1ncc(C(C)(C)N)c2cc(Nc3ccc4c(n3)CCOC4=O)ncc12. The summed E-state index contributed by atoms with van der Waals surface area (Å²) in [5.74, 6) is 1.37. The van der Waals surface area contributed by atoms with Gasteiger partial charge in [0, 0.05) is 24.4 Å². The third kappa shape index (κ3) is 3.22. The van der Waals surface area contributed by atoms with Gasteiger partial charge in [-0.1, -0.05) is 0 Å². The van der Waals surface area contributed by atoms with Crippen LogP contribution in [-0.4, -0.2) is 34.6 Å². The Bertz CT molecular complexity index is 1080. The molecule has 0 unspecified atom stereocenters. The van der Waals surface area contributed by atoms with Gasteiger partial charge < -0.3 is 20.5 Å². The van der Waals surface area contributed by atoms with Gasteiger partial charge in [-0.25, -0.2) is 19.7 Å². The molecule has 1 aliphatic rings. The maximum Gasteiger partial charge on any atom is 0.340 e. The summed E-state index contributed by atoms with van der Waals surface area (Å²) in [5.41, 5.74) is 7.85. The molecular weight excluding hydrogens is 358 g/mol. The van der Waals surface area contributed by atoms with Crippen LogP contribution in [0.1, 0.15) is 35.5 Å². The number of aromatic nitrogens is 3. The molecule has 8 nitrogen and oxygen atoms in total. The van der Waals surface area contributed by atoms with Crippen molar-refractivity contribution in [3.8, 4) is 5.88 Å². The van der Waals surface area contributed by atoms with Gasteiger partial charge >= 0.3 is 5.97 Å². The summed E-state index contributed by atoms with van der Waals surface area (Å²) in [6.45, 7) is 4.19. The third-order valence-electron chi connectivity index (χ3n) is 4.65. The molecular formula is C20H21N5O3. The summed E-state index contributed by atoms with van der Waals surface area (Å²) in [4.78, 5) is 25.1. The van der Waals surface area contributed by atoms with Crippen molar-refractivity contribution in [2.75, 3.05) is 19.0 Å². The second-order valence-corrected chi connectivity index (χ2v) is 7.22. The molecule has 3 N–H and O–H groups in total. The molecule has 144 valence electrons. The molecule has 0 fully saturated rings. The average Bonchev–Trinajstić information content (AvgIpc) is 2.66. The number of fused-ring (bicyclic) bond motifs is 2. The molecule has 0 bridgehead atoms. The zero-order chi connectivity index (χ0) is 19.9. The molecule has 0 aliphatic carbocycles. The number of pyridine rings is 3. The van der Waals surface area contributed by atoms with Gasteiger partial charge in [0.15, 0.2) is 0 Å². The van der Waals surface area contributed by atoms with Crippen LogP contribution in [-0.2, 0) is 16.7 Å². The van der Waals surface area contributed by atoms with E-state index in [2.05, 4.69) is 20.3 Å². The largest absolute Gasteiger partial charge is 0.481 e. The Morgan fingerprint density at radius 3 is 2.75 bits per heavy atom. The lowest BCUT2D eigenvalue weighted by molar-refractivity contribution is 0.0477. The van der Waals surface area contributed by atoms with Crippen molar-refractivity contribution in [2.45, 2.75) is 25.8 Å². The average molecular weight is 379 g/mol. The first-order chi connectivity index (χ1) is 13.4. The van der Waals surface area contributed by atoms with Crippen LogP contribution in [0.3, 0.4) is 0 Å². The highest BCUT2D eigenvalue weighted by Crippen LogP contribution is 2.32. The fraction of sp³-hybridized carbons (Fsp3) is 0.300. The summed E-state index contributed by atoms with van der Waals surface area (Å²) in [5, 5.41) is 4.88. The van der Waals surface area contributed by atoms with Crippen molar-refractivity contribution >= 4 is 28.4 Å². The molecule has 4 heterocycles. The number of carbonyl (C=O) groups is 1. The van der Waals surface area contributed by atoms with Crippen LogP contribution >= 0.6 is 0 Å². The Morgan fingerprint density at radius 1 is 1.18 bits per heavy atom. The summed E-state index contributed by atoms with van der Waals surface area (Å²) >= 11 is 0. The van der Waals surface area contributed by atoms with Crippen molar-refractivity contribution < 1.29 is 14.3 Å². The third-order valence-corrected chi connectivity index (χ3v) is 4.65. The van der Waals surface area contributed by atoms with E-state index in [-0.39, 0.29) is 5.97 Å². The van der Waals surface area contributed by atoms with E-state index in [0.717, 1.165) is 22.0 Å². The number of nitrogens with zero attached hydrogens (tertiary/aromatic N) is 3. The molecule has 3 aromatic heterocycles. The molecule has 4 rings (SSSR count). The van der Waals surface area contributed by atoms with E-state index in [1.54, 1.807) is 31.6 Å². The fourth-order valence-electron chi connectivity index (χ4n) is 3.25. The van der Waals surface area contributed by atoms with E-state index in [0.29, 0.717) is 36.1 Å². The van der Waals surface area contributed by atoms with Gasteiger partial charge in [-0.05, 0) is 43.0 Å². The summed E-state index contributed by atoms with van der Waals surface area (Å²) in [6, 6.07) is 5.35. The summed E-state index contributed by atoms with van der Waals surface area (Å²) < 4.78 is 10.4. The molecule has 0 atom stereocenters. The second-order valence-electron chi connectivity index (χ2n) is 7.22. The molecule has 0 saturated carbocycles. The first kappa shape index (κ1) is 18.1. The van der Waals surface area contributed by atoms with Gasteiger partial charge in [-0.15, -0.1) is 0 Å². The smallest absolute Gasteiger partial charge is 0.340 e. The normalized spacial score (nSPS) is 13.8. The van der Waals surface area contributed by atoms with E-state index in [9.17, 15) is 4.79 Å². The number of hydrogen-bond acceptors (Lipinski definition) is 8. The Morgan fingerprint density at radius 2 is 2.00 bits per heavy atom. The number of methoxy groups -OCH3 is 1. The predicted octanol–water partition coefficient (Wildman–Crippen LogP) is 2.68. The van der Waals surface area contributed by atoms with Gasteiger partial charge in [-0.2, -0.15) is 0 Å². The lowest BCUT2D eigenvalue weighted by Gasteiger charge is -2.22. The van der Waals surface area contributed by atoms with Crippen molar-refractivity contribution in [1.82, 2.24) is 15.0 Å². The highest BCUT2D eigenvalue weighted by molar-refractivity contribution is 5.92. The fourth-order valence-corrected chi connectivity index (χ4v) is 3.25. The lowest BCUT2D eigenvalue weighted by atomic mass is 9.93. The number of ether oxygens (including phenoxy) is 2. The minimum atomic E-state index is -0.583. The first-order valence-electron chi connectivity index (χ1n) is 8.93. The number of cyclic esters (lactones) is 1. The Balaban J connectivity index is 1.75. The number of nitrogens with two attached hydrogens (primary N) is 1. The number of esters is 1. The minimum Gasteiger partial charge on any atom is -0.481 e. The first-order valence-corrected chi connectivity index (χ1v) is 8.93. The van der Waals surface area contributed by atoms with Crippen molar-refractivity contribution in [3.63, 3.8) is 0 Å². The van der Waals surface area contributed by atoms with Crippen LogP contribution in [0, 0.1) is 0 Å². The standard InChI is InChI=1S/C20H21N5O3/c1-20(2,21)14-10-23-18(27-3)13-9-22-17(8-12(13)14)25-16-5-4-11-15(24-16)6-7-28-19(11)26/h4-5,8-10H,6-7,21H2,1-3H3,(H,22,24,25). The second kappa shape index (κ2) is 6.72.